The van der Waals surface area contributed by atoms with Gasteiger partial charge in [-0.15, -0.1) is 0 Å². The molecule has 3 N–H and O–H groups in total. The molecular weight excluding hydrogens is 252 g/mol. The Balaban J connectivity index is 2.18. The minimum Gasteiger partial charge on any atom is -0.467 e. The molecule has 0 spiro atoms. The normalized spacial score (nSPS) is 13.8. The first-order valence-electron chi connectivity index (χ1n) is 5.60. The van der Waals surface area contributed by atoms with Gasteiger partial charge < -0.3 is 25.3 Å². The number of carbonyl (C=O) groups is 2. The number of esters is 1. The van der Waals surface area contributed by atoms with Crippen LogP contribution < -0.4 is 20.5 Å². The predicted octanol–water partition coefficient (Wildman–Crippen LogP) is 0.289. The van der Waals surface area contributed by atoms with E-state index in [1.165, 1.54) is 26.2 Å². The number of ether oxygens (including phenoxy) is 3. The average Bonchev–Trinajstić information content (AvgIpc) is 2.83. The molecule has 1 unspecified atom stereocenters. The second-order valence-electron chi connectivity index (χ2n) is 4.01. The molecule has 7 nitrogen and oxygen atoms in total. The van der Waals surface area contributed by atoms with Crippen LogP contribution in [0.3, 0.4) is 0 Å². The molecule has 1 aliphatic heterocycles. The maximum atomic E-state index is 12.0. The highest BCUT2D eigenvalue weighted by Crippen LogP contribution is 2.35. The molecule has 0 saturated heterocycles. The standard InChI is InChI=1S/C12H14N2O5/c1-6(12(16)17-2)14-11(15)7-3-9-10(4-8(7)13)19-5-18-9/h3-4,6H,5,13H2,1-2H3,(H,14,15). The van der Waals surface area contributed by atoms with Crippen LogP contribution in [-0.2, 0) is 9.53 Å². The zero-order valence-corrected chi connectivity index (χ0v) is 10.6. The molecule has 1 atom stereocenters. The van der Waals surface area contributed by atoms with E-state index in [1.54, 1.807) is 0 Å². The molecule has 1 aromatic rings. The van der Waals surface area contributed by atoms with Crippen molar-refractivity contribution in [3.63, 3.8) is 0 Å². The molecule has 0 bridgehead atoms. The van der Waals surface area contributed by atoms with E-state index in [1.807, 2.05) is 0 Å². The van der Waals surface area contributed by atoms with E-state index < -0.39 is 17.9 Å². The van der Waals surface area contributed by atoms with Crippen LogP contribution >= 0.6 is 0 Å². The van der Waals surface area contributed by atoms with Crippen molar-refractivity contribution in [3.8, 4) is 11.5 Å². The maximum absolute atomic E-state index is 12.0. The number of rotatable bonds is 3. The Morgan fingerprint density at radius 1 is 1.37 bits per heavy atom. The first-order chi connectivity index (χ1) is 9.02. The third-order valence-electron chi connectivity index (χ3n) is 2.69. The lowest BCUT2D eigenvalue weighted by Crippen LogP contribution is -2.39. The molecule has 7 heteroatoms. The number of hydrogen-bond acceptors (Lipinski definition) is 6. The highest BCUT2D eigenvalue weighted by Gasteiger charge is 2.22. The number of methoxy groups -OCH3 is 1. The largest absolute Gasteiger partial charge is 0.467 e. The van der Waals surface area contributed by atoms with Gasteiger partial charge in [-0.05, 0) is 13.0 Å². The van der Waals surface area contributed by atoms with Crippen molar-refractivity contribution in [2.24, 2.45) is 0 Å². The highest BCUT2D eigenvalue weighted by atomic mass is 16.7. The topological polar surface area (TPSA) is 99.9 Å². The summed E-state index contributed by atoms with van der Waals surface area (Å²) < 4.78 is 14.8. The second-order valence-corrected chi connectivity index (χ2v) is 4.01. The lowest BCUT2D eigenvalue weighted by molar-refractivity contribution is -0.142. The van der Waals surface area contributed by atoms with E-state index in [0.29, 0.717) is 11.5 Å². The third-order valence-corrected chi connectivity index (χ3v) is 2.69. The highest BCUT2D eigenvalue weighted by molar-refractivity contribution is 6.01. The van der Waals surface area contributed by atoms with Gasteiger partial charge in [0.2, 0.25) is 6.79 Å². The fourth-order valence-corrected chi connectivity index (χ4v) is 1.66. The summed E-state index contributed by atoms with van der Waals surface area (Å²) in [7, 11) is 1.25. The molecule has 1 amide bonds. The van der Waals surface area contributed by atoms with Crippen LogP contribution in [0.2, 0.25) is 0 Å². The molecule has 102 valence electrons. The van der Waals surface area contributed by atoms with Gasteiger partial charge in [-0.2, -0.15) is 0 Å². The van der Waals surface area contributed by atoms with Gasteiger partial charge in [-0.25, -0.2) is 4.79 Å². The van der Waals surface area contributed by atoms with E-state index in [-0.39, 0.29) is 18.0 Å². The summed E-state index contributed by atoms with van der Waals surface area (Å²) in [6.45, 7) is 1.62. The summed E-state index contributed by atoms with van der Waals surface area (Å²) in [5, 5.41) is 2.49. The average molecular weight is 266 g/mol. The maximum Gasteiger partial charge on any atom is 0.328 e. The second kappa shape index (κ2) is 5.05. The molecule has 19 heavy (non-hydrogen) atoms. The van der Waals surface area contributed by atoms with Crippen LogP contribution in [0.5, 0.6) is 11.5 Å². The van der Waals surface area contributed by atoms with Crippen LogP contribution in [-0.4, -0.2) is 31.8 Å². The van der Waals surface area contributed by atoms with Crippen LogP contribution in [0.15, 0.2) is 12.1 Å². The third kappa shape index (κ3) is 2.54. The van der Waals surface area contributed by atoms with Gasteiger partial charge >= 0.3 is 5.97 Å². The Hall–Kier alpha value is -2.44. The number of hydrogen-bond donors (Lipinski definition) is 2. The van der Waals surface area contributed by atoms with Crippen molar-refractivity contribution in [3.05, 3.63) is 17.7 Å². The SMILES string of the molecule is COC(=O)C(C)NC(=O)c1cc2c(cc1N)OCO2. The fraction of sp³-hybridized carbons (Fsp3) is 0.333. The zero-order chi connectivity index (χ0) is 14.0. The molecule has 0 radical (unpaired) electrons. The molecule has 0 aliphatic carbocycles. The van der Waals surface area contributed by atoms with E-state index in [9.17, 15) is 9.59 Å². The Kier molecular flexibility index (Phi) is 3.46. The molecular formula is C12H14N2O5. The summed E-state index contributed by atoms with van der Waals surface area (Å²) in [5.41, 5.74) is 6.24. The van der Waals surface area contributed by atoms with E-state index >= 15 is 0 Å². The van der Waals surface area contributed by atoms with Gasteiger partial charge in [-0.3, -0.25) is 4.79 Å². The van der Waals surface area contributed by atoms with Crippen molar-refractivity contribution >= 4 is 17.6 Å². The number of fused-ring (bicyclic) bond motifs is 1. The first-order valence-corrected chi connectivity index (χ1v) is 5.60. The smallest absolute Gasteiger partial charge is 0.328 e. The minimum atomic E-state index is -0.762. The molecule has 1 aromatic carbocycles. The number of nitrogens with one attached hydrogen (secondary N) is 1. The van der Waals surface area contributed by atoms with Crippen molar-refractivity contribution in [1.82, 2.24) is 5.32 Å². The predicted molar refractivity (Wildman–Crippen MR) is 65.9 cm³/mol. The molecule has 0 aromatic heterocycles. The van der Waals surface area contributed by atoms with E-state index in [4.69, 9.17) is 15.2 Å². The number of carbonyl (C=O) groups excluding carboxylic acids is 2. The minimum absolute atomic E-state index is 0.0956. The Bertz CT molecular complexity index is 529. The molecule has 0 fully saturated rings. The van der Waals surface area contributed by atoms with Gasteiger partial charge in [0, 0.05) is 11.8 Å². The van der Waals surface area contributed by atoms with Crippen molar-refractivity contribution in [2.75, 3.05) is 19.6 Å². The van der Waals surface area contributed by atoms with Crippen LogP contribution in [0.25, 0.3) is 0 Å². The summed E-state index contributed by atoms with van der Waals surface area (Å²) in [6.07, 6.45) is 0. The van der Waals surface area contributed by atoms with Crippen LogP contribution in [0, 0.1) is 0 Å². The number of anilines is 1. The summed E-state index contributed by atoms with van der Waals surface area (Å²) in [5.74, 6) is -0.0681. The Labute approximate surface area is 109 Å². The van der Waals surface area contributed by atoms with Gasteiger partial charge in [0.25, 0.3) is 5.91 Å². The monoisotopic (exact) mass is 266 g/mol. The molecule has 0 saturated carbocycles. The van der Waals surface area contributed by atoms with Crippen molar-refractivity contribution in [2.45, 2.75) is 13.0 Å². The van der Waals surface area contributed by atoms with Crippen LogP contribution in [0.4, 0.5) is 5.69 Å². The Morgan fingerprint density at radius 2 is 2.00 bits per heavy atom. The number of amides is 1. The van der Waals surface area contributed by atoms with Gasteiger partial charge in [0.15, 0.2) is 11.5 Å². The lowest BCUT2D eigenvalue weighted by Gasteiger charge is -2.13. The lowest BCUT2D eigenvalue weighted by atomic mass is 10.1. The summed E-state index contributed by atoms with van der Waals surface area (Å²) in [4.78, 5) is 23.2. The number of benzene rings is 1. The Morgan fingerprint density at radius 3 is 2.63 bits per heavy atom. The quantitative estimate of drug-likeness (QED) is 0.602. The zero-order valence-electron chi connectivity index (χ0n) is 10.6. The summed E-state index contributed by atoms with van der Waals surface area (Å²) in [6, 6.07) is 2.24. The molecule has 2 rings (SSSR count). The summed E-state index contributed by atoms with van der Waals surface area (Å²) >= 11 is 0. The van der Waals surface area contributed by atoms with Crippen molar-refractivity contribution in [1.29, 1.82) is 0 Å². The van der Waals surface area contributed by atoms with E-state index in [0.717, 1.165) is 0 Å². The molecule has 1 aliphatic rings. The fourth-order valence-electron chi connectivity index (χ4n) is 1.66. The molecule has 1 heterocycles. The van der Waals surface area contributed by atoms with Gasteiger partial charge in [0.05, 0.1) is 12.7 Å². The first kappa shape index (κ1) is 13.0. The van der Waals surface area contributed by atoms with Gasteiger partial charge in [-0.1, -0.05) is 0 Å². The van der Waals surface area contributed by atoms with Gasteiger partial charge in [0.1, 0.15) is 6.04 Å². The van der Waals surface area contributed by atoms with Crippen molar-refractivity contribution < 1.29 is 23.8 Å². The number of nitrogen functional groups attached to an aromatic ring is 1. The van der Waals surface area contributed by atoms with Crippen LogP contribution in [0.1, 0.15) is 17.3 Å². The van der Waals surface area contributed by atoms with E-state index in [2.05, 4.69) is 10.1 Å². The number of nitrogens with two attached hydrogens (primary N) is 1.